The molecular weight excluding hydrogens is 326 g/mol. The van der Waals surface area contributed by atoms with Crippen molar-refractivity contribution in [2.45, 2.75) is 51.0 Å². The first kappa shape index (κ1) is 13.8. The Bertz CT molecular complexity index is 560. The van der Waals surface area contributed by atoms with Crippen molar-refractivity contribution in [3.8, 4) is 0 Å². The van der Waals surface area contributed by atoms with Crippen molar-refractivity contribution in [1.29, 1.82) is 0 Å². The van der Waals surface area contributed by atoms with Crippen molar-refractivity contribution in [2.24, 2.45) is 17.8 Å². The van der Waals surface area contributed by atoms with E-state index in [4.69, 9.17) is 0 Å². The summed E-state index contributed by atoms with van der Waals surface area (Å²) in [6.07, 6.45) is 7.83. The molecule has 2 nitrogen and oxygen atoms in total. The highest BCUT2D eigenvalue weighted by Gasteiger charge is 2.51. The van der Waals surface area contributed by atoms with Crippen LogP contribution < -0.4 is 5.32 Å². The molecule has 4 saturated carbocycles. The van der Waals surface area contributed by atoms with Gasteiger partial charge in [-0.3, -0.25) is 4.79 Å². The highest BCUT2D eigenvalue weighted by molar-refractivity contribution is 9.10. The van der Waals surface area contributed by atoms with Gasteiger partial charge in [-0.05, 0) is 90.8 Å². The van der Waals surface area contributed by atoms with Gasteiger partial charge in [0.25, 0.3) is 5.91 Å². The third-order valence-electron chi connectivity index (χ3n) is 5.85. The molecule has 0 atom stereocenters. The molecule has 0 radical (unpaired) electrons. The van der Waals surface area contributed by atoms with Crippen LogP contribution >= 0.6 is 15.9 Å². The smallest absolute Gasteiger partial charge is 0.252 e. The minimum absolute atomic E-state index is 0.0923. The molecule has 0 aromatic heterocycles. The Morgan fingerprint density at radius 2 is 1.71 bits per heavy atom. The van der Waals surface area contributed by atoms with Crippen LogP contribution in [0.3, 0.4) is 0 Å². The first-order chi connectivity index (χ1) is 10.0. The fourth-order valence-electron chi connectivity index (χ4n) is 5.39. The predicted octanol–water partition coefficient (Wildman–Crippen LogP) is 4.46. The lowest BCUT2D eigenvalue weighted by Gasteiger charge is -2.56. The topological polar surface area (TPSA) is 29.1 Å². The number of carbonyl (C=O) groups is 1. The van der Waals surface area contributed by atoms with Crippen LogP contribution in [0.4, 0.5) is 0 Å². The molecule has 21 heavy (non-hydrogen) atoms. The monoisotopic (exact) mass is 347 g/mol. The second-order valence-electron chi connectivity index (χ2n) is 7.59. The van der Waals surface area contributed by atoms with Crippen molar-refractivity contribution < 1.29 is 4.79 Å². The van der Waals surface area contributed by atoms with E-state index in [1.54, 1.807) is 0 Å². The van der Waals surface area contributed by atoms with Gasteiger partial charge < -0.3 is 5.32 Å². The molecule has 1 aromatic rings. The third-order valence-corrected chi connectivity index (χ3v) is 6.91. The maximum Gasteiger partial charge on any atom is 0.252 e. The average molecular weight is 348 g/mol. The molecule has 4 aliphatic rings. The summed E-state index contributed by atoms with van der Waals surface area (Å²) < 4.78 is 0.937. The molecule has 0 spiro atoms. The van der Waals surface area contributed by atoms with Crippen molar-refractivity contribution in [3.63, 3.8) is 0 Å². The van der Waals surface area contributed by atoms with Crippen LogP contribution in [-0.2, 0) is 0 Å². The minimum Gasteiger partial charge on any atom is -0.347 e. The zero-order chi connectivity index (χ0) is 14.6. The molecule has 112 valence electrons. The van der Waals surface area contributed by atoms with Gasteiger partial charge in [-0.2, -0.15) is 0 Å². The summed E-state index contributed by atoms with van der Waals surface area (Å²) >= 11 is 3.57. The SMILES string of the molecule is Cc1cccc(C(=O)NC23CC4CC(CC(C4)C2)C3)c1Br. The van der Waals surface area contributed by atoms with Gasteiger partial charge in [0.15, 0.2) is 0 Å². The lowest BCUT2D eigenvalue weighted by Crippen LogP contribution is -2.59. The summed E-state index contributed by atoms with van der Waals surface area (Å²) in [5, 5.41) is 3.44. The van der Waals surface area contributed by atoms with E-state index in [9.17, 15) is 4.79 Å². The van der Waals surface area contributed by atoms with Crippen LogP contribution in [0.15, 0.2) is 22.7 Å². The Morgan fingerprint density at radius 1 is 1.14 bits per heavy atom. The molecule has 1 N–H and O–H groups in total. The van der Waals surface area contributed by atoms with Crippen molar-refractivity contribution >= 4 is 21.8 Å². The summed E-state index contributed by atoms with van der Waals surface area (Å²) in [4.78, 5) is 12.8. The highest BCUT2D eigenvalue weighted by atomic mass is 79.9. The van der Waals surface area contributed by atoms with Crippen molar-refractivity contribution in [3.05, 3.63) is 33.8 Å². The van der Waals surface area contributed by atoms with Gasteiger partial charge in [0, 0.05) is 10.0 Å². The number of aryl methyl sites for hydroxylation is 1. The van der Waals surface area contributed by atoms with Gasteiger partial charge in [0.1, 0.15) is 0 Å². The van der Waals surface area contributed by atoms with E-state index in [1.165, 1.54) is 38.5 Å². The van der Waals surface area contributed by atoms with Crippen molar-refractivity contribution in [1.82, 2.24) is 5.32 Å². The Morgan fingerprint density at radius 3 is 2.29 bits per heavy atom. The van der Waals surface area contributed by atoms with Gasteiger partial charge in [0.2, 0.25) is 0 Å². The normalized spacial score (nSPS) is 36.8. The van der Waals surface area contributed by atoms with Gasteiger partial charge >= 0.3 is 0 Å². The minimum atomic E-state index is 0.0923. The van der Waals surface area contributed by atoms with Gasteiger partial charge in [-0.25, -0.2) is 0 Å². The number of nitrogens with one attached hydrogen (secondary N) is 1. The van der Waals surface area contributed by atoms with E-state index in [0.29, 0.717) is 0 Å². The lowest BCUT2D eigenvalue weighted by atomic mass is 9.53. The fraction of sp³-hybridized carbons (Fsp3) is 0.611. The lowest BCUT2D eigenvalue weighted by molar-refractivity contribution is -0.0167. The maximum atomic E-state index is 12.8. The summed E-state index contributed by atoms with van der Waals surface area (Å²) in [7, 11) is 0. The Hall–Kier alpha value is -0.830. The van der Waals surface area contributed by atoms with E-state index in [0.717, 1.165) is 33.4 Å². The largest absolute Gasteiger partial charge is 0.347 e. The molecule has 5 rings (SSSR count). The van der Waals surface area contributed by atoms with Gasteiger partial charge in [0.05, 0.1) is 5.56 Å². The first-order valence-electron chi connectivity index (χ1n) is 8.12. The standard InChI is InChI=1S/C18H22BrNO/c1-11-3-2-4-15(16(11)19)17(21)20-18-8-12-5-13(9-18)7-14(6-12)10-18/h2-4,12-14H,5-10H2,1H3,(H,20,21). The number of halogens is 1. The van der Waals surface area contributed by atoms with Crippen LogP contribution in [0.5, 0.6) is 0 Å². The Kier molecular flexibility index (Phi) is 3.18. The molecule has 0 saturated heterocycles. The molecule has 1 amide bonds. The number of benzene rings is 1. The molecular formula is C18H22BrNO. The fourth-order valence-corrected chi connectivity index (χ4v) is 5.84. The highest BCUT2D eigenvalue weighted by Crippen LogP contribution is 2.55. The summed E-state index contributed by atoms with van der Waals surface area (Å²) in [6, 6.07) is 5.92. The molecule has 4 fully saturated rings. The number of amides is 1. The number of rotatable bonds is 2. The molecule has 0 aliphatic heterocycles. The third kappa shape index (κ3) is 2.34. The number of hydrogen-bond acceptors (Lipinski definition) is 1. The van der Waals surface area contributed by atoms with Crippen LogP contribution in [0.1, 0.15) is 54.4 Å². The zero-order valence-electron chi connectivity index (χ0n) is 12.5. The Labute approximate surface area is 134 Å². The van der Waals surface area contributed by atoms with E-state index in [1.807, 2.05) is 25.1 Å². The van der Waals surface area contributed by atoms with E-state index in [2.05, 4.69) is 21.2 Å². The molecule has 0 unspecified atom stereocenters. The predicted molar refractivity (Wildman–Crippen MR) is 87.2 cm³/mol. The van der Waals surface area contributed by atoms with E-state index < -0.39 is 0 Å². The second-order valence-corrected chi connectivity index (χ2v) is 8.38. The summed E-state index contributed by atoms with van der Waals surface area (Å²) in [6.45, 7) is 2.03. The number of carbonyl (C=O) groups excluding carboxylic acids is 1. The zero-order valence-corrected chi connectivity index (χ0v) is 14.1. The Balaban J connectivity index is 1.58. The van der Waals surface area contributed by atoms with E-state index in [-0.39, 0.29) is 11.4 Å². The van der Waals surface area contributed by atoms with Crippen molar-refractivity contribution in [2.75, 3.05) is 0 Å². The van der Waals surface area contributed by atoms with Crippen LogP contribution in [0.25, 0.3) is 0 Å². The average Bonchev–Trinajstić information content (AvgIpc) is 2.39. The molecule has 1 aromatic carbocycles. The second kappa shape index (κ2) is 4.84. The summed E-state index contributed by atoms with van der Waals surface area (Å²) in [5.41, 5.74) is 1.99. The molecule has 4 bridgehead atoms. The van der Waals surface area contributed by atoms with Crippen LogP contribution in [-0.4, -0.2) is 11.4 Å². The van der Waals surface area contributed by atoms with Gasteiger partial charge in [-0.1, -0.05) is 12.1 Å². The quantitative estimate of drug-likeness (QED) is 0.840. The van der Waals surface area contributed by atoms with Crippen LogP contribution in [0, 0.1) is 24.7 Å². The molecule has 0 heterocycles. The molecule has 3 heteroatoms. The summed E-state index contributed by atoms with van der Waals surface area (Å²) in [5.74, 6) is 2.68. The maximum absolute atomic E-state index is 12.8. The first-order valence-corrected chi connectivity index (χ1v) is 8.92. The van der Waals surface area contributed by atoms with E-state index >= 15 is 0 Å². The molecule has 4 aliphatic carbocycles. The van der Waals surface area contributed by atoms with Crippen LogP contribution in [0.2, 0.25) is 0 Å². The van der Waals surface area contributed by atoms with Gasteiger partial charge in [-0.15, -0.1) is 0 Å². The number of hydrogen-bond donors (Lipinski definition) is 1.